The van der Waals surface area contributed by atoms with E-state index >= 15 is 0 Å². The molecule has 0 saturated heterocycles. The number of hydrogen-bond donors (Lipinski definition) is 1. The molecule has 0 spiro atoms. The maximum Gasteiger partial charge on any atom is 0.343 e. The summed E-state index contributed by atoms with van der Waals surface area (Å²) in [4.78, 5) is 27.7. The summed E-state index contributed by atoms with van der Waals surface area (Å²) in [6.07, 6.45) is 0. The number of hydrogen-bond acceptors (Lipinski definition) is 8. The second kappa shape index (κ2) is 10.3. The lowest BCUT2D eigenvalue weighted by Crippen LogP contribution is -2.53. The Balaban J connectivity index is 1.71. The van der Waals surface area contributed by atoms with Crippen LogP contribution in [0, 0.1) is 0 Å². The first kappa shape index (κ1) is 25.6. The van der Waals surface area contributed by atoms with Gasteiger partial charge in [-0.15, -0.1) is 0 Å². The van der Waals surface area contributed by atoms with Gasteiger partial charge in [0.05, 0.1) is 34.1 Å². The summed E-state index contributed by atoms with van der Waals surface area (Å²) in [5, 5.41) is 2.70. The molecule has 0 fully saturated rings. The number of amides is 3. The largest absolute Gasteiger partial charge is 0.495 e. The molecule has 0 radical (unpaired) electrons. The summed E-state index contributed by atoms with van der Waals surface area (Å²) < 4.78 is 48.8. The fraction of sp³-hybridized carbons (Fsp3) is 0.200. The van der Waals surface area contributed by atoms with E-state index < -0.39 is 28.5 Å². The third-order valence-electron chi connectivity index (χ3n) is 5.63. The van der Waals surface area contributed by atoms with Gasteiger partial charge in [0.1, 0.15) is 22.9 Å². The average Bonchev–Trinajstić information content (AvgIpc) is 2.90. The maximum atomic E-state index is 13.6. The van der Waals surface area contributed by atoms with E-state index in [1.165, 1.54) is 58.8 Å². The minimum atomic E-state index is -4.29. The minimum Gasteiger partial charge on any atom is -0.495 e. The van der Waals surface area contributed by atoms with Gasteiger partial charge in [-0.2, -0.15) is 4.31 Å². The monoisotopic (exact) mass is 527 g/mol. The van der Waals surface area contributed by atoms with Crippen LogP contribution in [0.1, 0.15) is 0 Å². The van der Waals surface area contributed by atoms with E-state index in [0.29, 0.717) is 27.2 Å². The van der Waals surface area contributed by atoms with Crippen LogP contribution in [0.4, 0.5) is 21.9 Å². The number of nitrogens with one attached hydrogen (secondary N) is 1. The van der Waals surface area contributed by atoms with Crippen molar-refractivity contribution in [1.29, 1.82) is 0 Å². The van der Waals surface area contributed by atoms with Crippen molar-refractivity contribution < 1.29 is 37.0 Å². The summed E-state index contributed by atoms with van der Waals surface area (Å²) >= 11 is 0. The van der Waals surface area contributed by atoms with Crippen LogP contribution in [0.15, 0.2) is 65.6 Å². The number of carbonyl (C=O) groups is 2. The van der Waals surface area contributed by atoms with E-state index in [2.05, 4.69) is 5.32 Å². The first-order valence-electron chi connectivity index (χ1n) is 11.0. The van der Waals surface area contributed by atoms with Crippen LogP contribution in [0.2, 0.25) is 0 Å². The number of rotatable bonds is 8. The zero-order chi connectivity index (χ0) is 26.7. The van der Waals surface area contributed by atoms with E-state index in [1.807, 2.05) is 0 Å². The summed E-state index contributed by atoms with van der Waals surface area (Å²) in [6, 6.07) is 14.4. The van der Waals surface area contributed by atoms with E-state index in [9.17, 15) is 18.0 Å². The van der Waals surface area contributed by atoms with Gasteiger partial charge < -0.3 is 24.3 Å². The smallest absolute Gasteiger partial charge is 0.343 e. The molecule has 11 nitrogen and oxygen atoms in total. The van der Waals surface area contributed by atoms with Crippen LogP contribution < -0.4 is 33.5 Å². The average molecular weight is 528 g/mol. The Morgan fingerprint density at radius 2 is 1.38 bits per heavy atom. The molecule has 0 aliphatic carbocycles. The van der Waals surface area contributed by atoms with Gasteiger partial charge in [0.15, 0.2) is 11.5 Å². The number of carbonyl (C=O) groups excluding carboxylic acids is 2. The van der Waals surface area contributed by atoms with Crippen LogP contribution in [0.25, 0.3) is 0 Å². The van der Waals surface area contributed by atoms with E-state index in [-0.39, 0.29) is 22.0 Å². The van der Waals surface area contributed by atoms with E-state index in [4.69, 9.17) is 18.9 Å². The van der Waals surface area contributed by atoms with Gasteiger partial charge in [0.25, 0.3) is 10.0 Å². The third-order valence-corrected chi connectivity index (χ3v) is 7.37. The zero-order valence-electron chi connectivity index (χ0n) is 20.5. The summed E-state index contributed by atoms with van der Waals surface area (Å²) in [5.74, 6) is 0.591. The molecular formula is C25H25N3O8S. The second-order valence-electron chi connectivity index (χ2n) is 7.74. The number of urea groups is 1. The van der Waals surface area contributed by atoms with Gasteiger partial charge in [0.2, 0.25) is 11.7 Å². The first-order valence-corrected chi connectivity index (χ1v) is 12.4. The lowest BCUT2D eigenvalue weighted by atomic mass is 10.2. The van der Waals surface area contributed by atoms with Crippen LogP contribution in [-0.4, -0.2) is 55.3 Å². The Labute approximate surface area is 214 Å². The number of nitrogens with zero attached hydrogens (tertiary/aromatic N) is 2. The number of anilines is 3. The molecule has 0 saturated carbocycles. The van der Waals surface area contributed by atoms with Gasteiger partial charge >= 0.3 is 6.03 Å². The summed E-state index contributed by atoms with van der Waals surface area (Å²) in [7, 11) is 1.43. The van der Waals surface area contributed by atoms with Crippen LogP contribution in [-0.2, 0) is 14.8 Å². The Morgan fingerprint density at radius 3 is 1.97 bits per heavy atom. The lowest BCUT2D eigenvalue weighted by molar-refractivity contribution is -0.114. The van der Waals surface area contributed by atoms with Gasteiger partial charge in [-0.25, -0.2) is 13.2 Å². The third kappa shape index (κ3) is 4.58. The van der Waals surface area contributed by atoms with Crippen molar-refractivity contribution in [1.82, 2.24) is 0 Å². The Bertz CT molecular complexity index is 1430. The molecule has 0 unspecified atom stereocenters. The van der Waals surface area contributed by atoms with Crippen LogP contribution in [0.5, 0.6) is 23.0 Å². The van der Waals surface area contributed by atoms with Gasteiger partial charge in [-0.05, 0) is 24.3 Å². The molecule has 3 aromatic rings. The zero-order valence-corrected chi connectivity index (χ0v) is 21.4. The predicted octanol–water partition coefficient (Wildman–Crippen LogP) is 3.50. The number of para-hydroxylation sites is 3. The standard InChI is InChI=1S/C25H25N3O8S/c1-33-19-11-7-5-9-17(19)28-25(30)27(18-10-6-8-12-22(18)37(28,31)32)15-23(29)26-16-13-20(34-2)24(36-4)21(14-16)35-3/h5-14H,15H2,1-4H3,(H,26,29). The normalized spacial score (nSPS) is 14.0. The van der Waals surface area contributed by atoms with Gasteiger partial charge in [0, 0.05) is 17.8 Å². The highest BCUT2D eigenvalue weighted by Crippen LogP contribution is 2.41. The van der Waals surface area contributed by atoms with Crippen molar-refractivity contribution in [2.45, 2.75) is 4.90 Å². The van der Waals surface area contributed by atoms with Crippen molar-refractivity contribution in [3.05, 3.63) is 60.7 Å². The molecular weight excluding hydrogens is 502 g/mol. The second-order valence-corrected chi connectivity index (χ2v) is 9.50. The van der Waals surface area contributed by atoms with Crippen molar-refractivity contribution in [2.24, 2.45) is 0 Å². The number of methoxy groups -OCH3 is 4. The topological polar surface area (TPSA) is 124 Å². The molecule has 0 atom stereocenters. The van der Waals surface area contributed by atoms with Crippen LogP contribution >= 0.6 is 0 Å². The molecule has 37 heavy (non-hydrogen) atoms. The number of sulfonamides is 1. The predicted molar refractivity (Wildman–Crippen MR) is 137 cm³/mol. The highest BCUT2D eigenvalue weighted by Gasteiger charge is 2.44. The molecule has 1 heterocycles. The van der Waals surface area contributed by atoms with E-state index in [1.54, 1.807) is 30.3 Å². The van der Waals surface area contributed by atoms with Crippen molar-refractivity contribution in [2.75, 3.05) is 49.5 Å². The molecule has 0 aromatic heterocycles. The fourth-order valence-electron chi connectivity index (χ4n) is 3.99. The molecule has 1 aliphatic heterocycles. The van der Waals surface area contributed by atoms with Gasteiger partial charge in [-0.3, -0.25) is 9.69 Å². The maximum absolute atomic E-state index is 13.6. The molecule has 4 rings (SSSR count). The Kier molecular flexibility index (Phi) is 7.11. The molecule has 1 N–H and O–H groups in total. The number of ether oxygens (including phenoxy) is 4. The molecule has 12 heteroatoms. The molecule has 3 aromatic carbocycles. The summed E-state index contributed by atoms with van der Waals surface area (Å²) in [5.41, 5.74) is 0.435. The lowest BCUT2D eigenvalue weighted by Gasteiger charge is -2.36. The number of benzene rings is 3. The Morgan fingerprint density at radius 1 is 0.811 bits per heavy atom. The minimum absolute atomic E-state index is 0.0274. The number of fused-ring (bicyclic) bond motifs is 1. The molecule has 0 bridgehead atoms. The molecule has 1 aliphatic rings. The SMILES string of the molecule is COc1ccccc1N1C(=O)N(CC(=O)Nc2cc(OC)c(OC)c(OC)c2)c2ccccc2S1(=O)=O. The first-order chi connectivity index (χ1) is 17.8. The Hall–Kier alpha value is -4.45. The van der Waals surface area contributed by atoms with Crippen molar-refractivity contribution in [3.63, 3.8) is 0 Å². The highest BCUT2D eigenvalue weighted by molar-refractivity contribution is 7.94. The molecule has 3 amide bonds. The van der Waals surface area contributed by atoms with Crippen molar-refractivity contribution in [3.8, 4) is 23.0 Å². The quantitative estimate of drug-likeness (QED) is 0.472. The highest BCUT2D eigenvalue weighted by atomic mass is 32.2. The summed E-state index contributed by atoms with van der Waals surface area (Å²) in [6.45, 7) is -0.478. The molecule has 194 valence electrons. The fourth-order valence-corrected chi connectivity index (χ4v) is 5.60. The van der Waals surface area contributed by atoms with Crippen LogP contribution in [0.3, 0.4) is 0 Å². The van der Waals surface area contributed by atoms with E-state index in [0.717, 1.165) is 4.90 Å². The van der Waals surface area contributed by atoms with Crippen molar-refractivity contribution >= 4 is 39.0 Å². The van der Waals surface area contributed by atoms with Gasteiger partial charge in [-0.1, -0.05) is 24.3 Å².